The number of rotatable bonds is 3. The molecule has 0 radical (unpaired) electrons. The van der Waals surface area contributed by atoms with Crippen molar-refractivity contribution in [3.8, 4) is 0 Å². The van der Waals surface area contributed by atoms with Crippen molar-refractivity contribution in [3.05, 3.63) is 33.8 Å². The molecule has 1 aromatic carbocycles. The van der Waals surface area contributed by atoms with Crippen LogP contribution < -0.4 is 0 Å². The molecule has 2 heteroatoms. The van der Waals surface area contributed by atoms with E-state index in [0.29, 0.717) is 10.6 Å². The molecule has 16 heavy (non-hydrogen) atoms. The van der Waals surface area contributed by atoms with Gasteiger partial charge in [0.05, 0.1) is 5.02 Å². The molecule has 0 fully saturated rings. The van der Waals surface area contributed by atoms with Gasteiger partial charge in [-0.1, -0.05) is 32.4 Å². The van der Waals surface area contributed by atoms with Crippen LogP contribution in [0.3, 0.4) is 0 Å². The molecular weight excluding hydrogens is 220 g/mol. The van der Waals surface area contributed by atoms with Crippen LogP contribution in [-0.4, -0.2) is 5.78 Å². The second-order valence-corrected chi connectivity index (χ2v) is 5.39. The molecule has 1 nitrogen and oxygen atoms in total. The maximum absolute atomic E-state index is 12.3. The summed E-state index contributed by atoms with van der Waals surface area (Å²) in [6.07, 6.45) is 0.815. The van der Waals surface area contributed by atoms with Gasteiger partial charge in [-0.15, -0.1) is 0 Å². The van der Waals surface area contributed by atoms with Crippen LogP contribution in [0.15, 0.2) is 12.1 Å². The molecule has 0 saturated heterocycles. The van der Waals surface area contributed by atoms with E-state index in [4.69, 9.17) is 11.6 Å². The molecule has 0 heterocycles. The Morgan fingerprint density at radius 1 is 1.25 bits per heavy atom. The number of hydrogen-bond donors (Lipinski definition) is 0. The topological polar surface area (TPSA) is 17.1 Å². The fourth-order valence-corrected chi connectivity index (χ4v) is 1.78. The number of carbonyl (C=O) groups excluding carboxylic acids is 1. The minimum absolute atomic E-state index is 0.128. The van der Waals surface area contributed by atoms with E-state index < -0.39 is 0 Å². The van der Waals surface area contributed by atoms with Crippen LogP contribution in [0, 0.1) is 19.3 Å². The minimum atomic E-state index is -0.342. The Morgan fingerprint density at radius 3 is 2.25 bits per heavy atom. The molecule has 0 aliphatic heterocycles. The molecule has 0 spiro atoms. The molecule has 0 aliphatic rings. The Kier molecular flexibility index (Phi) is 3.80. The van der Waals surface area contributed by atoms with E-state index >= 15 is 0 Å². The zero-order valence-corrected chi connectivity index (χ0v) is 11.4. The van der Waals surface area contributed by atoms with Gasteiger partial charge in [0.1, 0.15) is 0 Å². The van der Waals surface area contributed by atoms with Gasteiger partial charge in [-0.25, -0.2) is 0 Å². The van der Waals surface area contributed by atoms with Crippen LogP contribution in [0.5, 0.6) is 0 Å². The van der Waals surface area contributed by atoms with Gasteiger partial charge in [0.2, 0.25) is 0 Å². The van der Waals surface area contributed by atoms with Crippen LogP contribution >= 0.6 is 11.6 Å². The lowest BCUT2D eigenvalue weighted by Crippen LogP contribution is -2.23. The third-order valence-corrected chi connectivity index (χ3v) is 3.64. The molecule has 0 aliphatic carbocycles. The van der Waals surface area contributed by atoms with Crippen LogP contribution in [0.2, 0.25) is 5.02 Å². The SMILES string of the molecule is CCC(C)(C)C(=O)c1cc(C)c(C)cc1Cl. The Labute approximate surface area is 103 Å². The first-order valence-electron chi connectivity index (χ1n) is 5.61. The van der Waals surface area contributed by atoms with Gasteiger partial charge in [-0.05, 0) is 43.5 Å². The van der Waals surface area contributed by atoms with Crippen molar-refractivity contribution in [1.82, 2.24) is 0 Å². The highest BCUT2D eigenvalue weighted by Gasteiger charge is 2.28. The molecule has 0 N–H and O–H groups in total. The summed E-state index contributed by atoms with van der Waals surface area (Å²) in [6.45, 7) is 9.94. The number of aryl methyl sites for hydroxylation is 2. The Bertz CT molecular complexity index is 419. The van der Waals surface area contributed by atoms with E-state index in [-0.39, 0.29) is 11.2 Å². The van der Waals surface area contributed by atoms with Gasteiger partial charge < -0.3 is 0 Å². The van der Waals surface area contributed by atoms with Crippen LogP contribution in [0.1, 0.15) is 48.7 Å². The van der Waals surface area contributed by atoms with Crippen molar-refractivity contribution in [1.29, 1.82) is 0 Å². The first-order valence-corrected chi connectivity index (χ1v) is 5.99. The summed E-state index contributed by atoms with van der Waals surface area (Å²) in [5.74, 6) is 0.128. The van der Waals surface area contributed by atoms with Gasteiger partial charge in [0.15, 0.2) is 5.78 Å². The molecular formula is C14H19ClO. The Morgan fingerprint density at radius 2 is 1.75 bits per heavy atom. The number of halogens is 1. The lowest BCUT2D eigenvalue weighted by molar-refractivity contribution is 0.0833. The summed E-state index contributed by atoms with van der Waals surface area (Å²) in [5.41, 5.74) is 2.54. The number of benzene rings is 1. The predicted molar refractivity (Wildman–Crippen MR) is 69.3 cm³/mol. The molecule has 0 atom stereocenters. The normalized spacial score (nSPS) is 11.6. The highest BCUT2D eigenvalue weighted by atomic mass is 35.5. The van der Waals surface area contributed by atoms with E-state index in [1.54, 1.807) is 0 Å². The maximum Gasteiger partial charge on any atom is 0.169 e. The molecule has 0 bridgehead atoms. The van der Waals surface area contributed by atoms with Crippen LogP contribution in [0.25, 0.3) is 0 Å². The first kappa shape index (κ1) is 13.2. The lowest BCUT2D eigenvalue weighted by Gasteiger charge is -2.22. The first-order chi connectivity index (χ1) is 7.29. The van der Waals surface area contributed by atoms with E-state index in [1.807, 2.05) is 46.8 Å². The summed E-state index contributed by atoms with van der Waals surface area (Å²) >= 11 is 6.14. The molecule has 88 valence electrons. The molecule has 1 rings (SSSR count). The van der Waals surface area contributed by atoms with Crippen molar-refractivity contribution in [2.45, 2.75) is 41.0 Å². The third kappa shape index (κ3) is 2.46. The van der Waals surface area contributed by atoms with Crippen molar-refractivity contribution < 1.29 is 4.79 Å². The van der Waals surface area contributed by atoms with Crippen molar-refractivity contribution in [2.24, 2.45) is 5.41 Å². The average molecular weight is 239 g/mol. The van der Waals surface area contributed by atoms with Gasteiger partial charge in [-0.2, -0.15) is 0 Å². The van der Waals surface area contributed by atoms with Crippen LogP contribution in [0.4, 0.5) is 0 Å². The molecule has 0 amide bonds. The molecule has 1 aromatic rings. The largest absolute Gasteiger partial charge is 0.294 e. The van der Waals surface area contributed by atoms with Crippen LogP contribution in [-0.2, 0) is 0 Å². The monoisotopic (exact) mass is 238 g/mol. The van der Waals surface area contributed by atoms with Crippen molar-refractivity contribution in [3.63, 3.8) is 0 Å². The zero-order valence-electron chi connectivity index (χ0n) is 10.6. The second-order valence-electron chi connectivity index (χ2n) is 4.98. The standard InChI is InChI=1S/C14H19ClO/c1-6-14(4,5)13(16)11-7-9(2)10(3)8-12(11)15/h7-8H,6H2,1-5H3. The van der Waals surface area contributed by atoms with E-state index in [9.17, 15) is 4.79 Å². The van der Waals surface area contributed by atoms with Gasteiger partial charge >= 0.3 is 0 Å². The second kappa shape index (κ2) is 4.58. The van der Waals surface area contributed by atoms with E-state index in [0.717, 1.165) is 17.5 Å². The predicted octanol–water partition coefficient (Wildman–Crippen LogP) is 4.58. The quantitative estimate of drug-likeness (QED) is 0.705. The summed E-state index contributed by atoms with van der Waals surface area (Å²) in [4.78, 5) is 12.3. The van der Waals surface area contributed by atoms with Gasteiger partial charge in [0, 0.05) is 11.0 Å². The highest BCUT2D eigenvalue weighted by molar-refractivity contribution is 6.34. The average Bonchev–Trinajstić information content (AvgIpc) is 2.22. The number of carbonyl (C=O) groups is 1. The van der Waals surface area contributed by atoms with E-state index in [2.05, 4.69) is 0 Å². The van der Waals surface area contributed by atoms with E-state index in [1.165, 1.54) is 0 Å². The number of Topliss-reactive ketones (excluding diaryl/α,β-unsaturated/α-hetero) is 1. The fourth-order valence-electron chi connectivity index (χ4n) is 1.48. The van der Waals surface area contributed by atoms with Crippen molar-refractivity contribution >= 4 is 17.4 Å². The summed E-state index contributed by atoms with van der Waals surface area (Å²) in [5, 5.41) is 0.564. The van der Waals surface area contributed by atoms with Gasteiger partial charge in [0.25, 0.3) is 0 Å². The summed E-state index contributed by atoms with van der Waals surface area (Å²) in [7, 11) is 0. The minimum Gasteiger partial charge on any atom is -0.294 e. The highest BCUT2D eigenvalue weighted by Crippen LogP contribution is 2.30. The Balaban J connectivity index is 3.25. The Hall–Kier alpha value is -0.820. The lowest BCUT2D eigenvalue weighted by atomic mass is 9.81. The summed E-state index contributed by atoms with van der Waals surface area (Å²) in [6, 6.07) is 3.77. The summed E-state index contributed by atoms with van der Waals surface area (Å²) < 4.78 is 0. The number of ketones is 1. The number of hydrogen-bond acceptors (Lipinski definition) is 1. The van der Waals surface area contributed by atoms with Crippen molar-refractivity contribution in [2.75, 3.05) is 0 Å². The molecule has 0 aromatic heterocycles. The molecule has 0 unspecified atom stereocenters. The third-order valence-electron chi connectivity index (χ3n) is 3.33. The fraction of sp³-hybridized carbons (Fsp3) is 0.500. The van der Waals surface area contributed by atoms with Gasteiger partial charge in [-0.3, -0.25) is 4.79 Å². The zero-order chi connectivity index (χ0) is 12.5. The maximum atomic E-state index is 12.3. The smallest absolute Gasteiger partial charge is 0.169 e. The molecule has 0 saturated carbocycles.